The summed E-state index contributed by atoms with van der Waals surface area (Å²) in [5.74, 6) is -1.39. The molecule has 1 aliphatic heterocycles. The monoisotopic (exact) mass is 742 g/mol. The molecule has 2 aliphatic rings. The van der Waals surface area contributed by atoms with Crippen molar-refractivity contribution in [1.29, 1.82) is 0 Å². The van der Waals surface area contributed by atoms with E-state index in [0.29, 0.717) is 30.0 Å². The second-order valence-electron chi connectivity index (χ2n) is 14.1. The lowest BCUT2D eigenvalue weighted by Gasteiger charge is -2.47. The average Bonchev–Trinajstić information content (AvgIpc) is 3.57. The maximum atomic E-state index is 14.0. The van der Waals surface area contributed by atoms with Gasteiger partial charge in [0.15, 0.2) is 11.6 Å². The minimum Gasteiger partial charge on any atom is -0.488 e. The van der Waals surface area contributed by atoms with Crippen molar-refractivity contribution < 1.29 is 43.4 Å². The minimum atomic E-state index is -1.37. The molecule has 2 atom stereocenters. The molecule has 0 spiro atoms. The van der Waals surface area contributed by atoms with E-state index in [1.54, 1.807) is 12.1 Å². The van der Waals surface area contributed by atoms with Crippen LogP contribution in [-0.4, -0.2) is 95.2 Å². The van der Waals surface area contributed by atoms with Crippen molar-refractivity contribution in [3.05, 3.63) is 112 Å². The van der Waals surface area contributed by atoms with Crippen molar-refractivity contribution in [2.24, 2.45) is 5.41 Å². The zero-order valence-corrected chi connectivity index (χ0v) is 30.4. The van der Waals surface area contributed by atoms with Gasteiger partial charge in [0.2, 0.25) is 0 Å². The van der Waals surface area contributed by atoms with Crippen LogP contribution in [0.3, 0.4) is 0 Å². The number of likely N-dealkylation sites (tertiary alicyclic amines) is 1. The van der Waals surface area contributed by atoms with E-state index < -0.39 is 48.0 Å². The van der Waals surface area contributed by atoms with Crippen molar-refractivity contribution >= 4 is 17.2 Å². The van der Waals surface area contributed by atoms with E-state index in [0.717, 1.165) is 49.2 Å². The summed E-state index contributed by atoms with van der Waals surface area (Å²) in [7, 11) is 0. The third-order valence-electron chi connectivity index (χ3n) is 10.2. The summed E-state index contributed by atoms with van der Waals surface area (Å²) in [6.45, 7) is 5.37. The van der Waals surface area contributed by atoms with Gasteiger partial charge < -0.3 is 44.9 Å². The van der Waals surface area contributed by atoms with Crippen LogP contribution < -0.4 is 14.8 Å². The number of hydrogen-bond donors (Lipinski definition) is 5. The quantitative estimate of drug-likeness (QED) is 0.111. The predicted molar refractivity (Wildman–Crippen MR) is 196 cm³/mol. The molecule has 5 N–H and O–H groups in total. The fourth-order valence-corrected chi connectivity index (χ4v) is 6.85. The third-order valence-corrected chi connectivity index (χ3v) is 10.5. The van der Waals surface area contributed by atoms with Gasteiger partial charge in [0.05, 0.1) is 36.5 Å². The van der Waals surface area contributed by atoms with Crippen LogP contribution in [0.4, 0.5) is 8.78 Å². The second kappa shape index (κ2) is 17.6. The fraction of sp³-hybridized carbons (Fsp3) is 0.450. The first-order valence-electron chi connectivity index (χ1n) is 17.5. The molecule has 3 aromatic carbocycles. The molecule has 0 amide bonds. The number of β-amino-alcohol motifs (C(OH)–C–C–N with tert-alkyl or cyclic N) is 1. The Labute approximate surface area is 309 Å². The van der Waals surface area contributed by atoms with Crippen LogP contribution in [-0.2, 0) is 17.9 Å². The number of rotatable bonds is 18. The normalized spacial score (nSPS) is 20.2. The molecule has 0 saturated carbocycles. The number of aliphatic hydroxyl groups excluding tert-OH is 4. The fourth-order valence-electron chi connectivity index (χ4n) is 6.61. The van der Waals surface area contributed by atoms with Gasteiger partial charge >= 0.3 is 0 Å². The number of nitrogens with one attached hydrogen (secondary N) is 1. The highest BCUT2D eigenvalue weighted by molar-refractivity contribution is 6.32. The Morgan fingerprint density at radius 3 is 2.38 bits per heavy atom. The summed E-state index contributed by atoms with van der Waals surface area (Å²) < 4.78 is 47.1. The van der Waals surface area contributed by atoms with E-state index in [9.17, 15) is 29.2 Å². The highest BCUT2D eigenvalue weighted by Gasteiger charge is 2.49. The summed E-state index contributed by atoms with van der Waals surface area (Å²) in [6, 6.07) is 16.8. The molecule has 9 nitrogen and oxygen atoms in total. The minimum absolute atomic E-state index is 0.0247. The second-order valence-corrected chi connectivity index (χ2v) is 14.5. The molecule has 3 aromatic rings. The summed E-state index contributed by atoms with van der Waals surface area (Å²) in [6.07, 6.45) is 7.32. The van der Waals surface area contributed by atoms with E-state index in [1.165, 1.54) is 6.07 Å². The van der Waals surface area contributed by atoms with Crippen LogP contribution in [0.25, 0.3) is 5.57 Å². The Morgan fingerprint density at radius 1 is 0.962 bits per heavy atom. The van der Waals surface area contributed by atoms with Crippen LogP contribution >= 0.6 is 11.6 Å². The van der Waals surface area contributed by atoms with E-state index in [-0.39, 0.29) is 36.6 Å². The Hall–Kier alpha value is -3.39. The zero-order valence-electron chi connectivity index (χ0n) is 29.7. The molecule has 1 fully saturated rings. The summed E-state index contributed by atoms with van der Waals surface area (Å²) in [5.41, 5.74) is 0.142. The Kier molecular flexibility index (Phi) is 13.5. The van der Waals surface area contributed by atoms with Gasteiger partial charge in [-0.05, 0) is 53.8 Å². The summed E-state index contributed by atoms with van der Waals surface area (Å²) in [5, 5.41) is 42.8. The van der Waals surface area contributed by atoms with Gasteiger partial charge in [0, 0.05) is 49.8 Å². The van der Waals surface area contributed by atoms with Crippen LogP contribution in [0.5, 0.6) is 11.5 Å². The van der Waals surface area contributed by atoms with Crippen molar-refractivity contribution in [2.75, 3.05) is 52.7 Å². The van der Waals surface area contributed by atoms with Gasteiger partial charge in [-0.2, -0.15) is 0 Å². The first kappa shape index (κ1) is 39.8. The third kappa shape index (κ3) is 9.21. The standard InChI is InChI=1S/C40H49ClF2N2O7/c1-38(2)32(29-8-4-3-5-9-29)10-6-14-40(38,52-17-7-15-45-16-13-31(49)22-45)27-51-37-20-36(50-23-28-11-12-34(42)35(43)18-28)30(19-33(37)41)21-44-39(24-46,25-47)26-48/h3-6,8-12,14,18-20,31,44,46-49H,7,13,15-17,21-27H2,1-2H3/t31?,40-/m0/s1. The van der Waals surface area contributed by atoms with Crippen LogP contribution in [0.2, 0.25) is 5.02 Å². The Bertz CT molecular complexity index is 1690. The Morgan fingerprint density at radius 2 is 1.71 bits per heavy atom. The molecule has 0 aromatic heterocycles. The molecule has 52 heavy (non-hydrogen) atoms. The number of hydrogen-bond acceptors (Lipinski definition) is 9. The summed E-state index contributed by atoms with van der Waals surface area (Å²) in [4.78, 5) is 2.23. The topological polar surface area (TPSA) is 124 Å². The average molecular weight is 743 g/mol. The number of nitrogens with zero attached hydrogens (tertiary/aromatic N) is 1. The van der Waals surface area contributed by atoms with Crippen LogP contribution in [0, 0.1) is 17.0 Å². The zero-order chi connectivity index (χ0) is 37.4. The maximum absolute atomic E-state index is 14.0. The first-order chi connectivity index (χ1) is 24.9. The Balaban J connectivity index is 1.42. The molecule has 1 unspecified atom stereocenters. The van der Waals surface area contributed by atoms with Crippen LogP contribution in [0.15, 0.2) is 78.9 Å². The molecule has 1 saturated heterocycles. The van der Waals surface area contributed by atoms with E-state index in [2.05, 4.69) is 42.3 Å². The van der Waals surface area contributed by atoms with Gasteiger partial charge in [0.1, 0.15) is 30.3 Å². The van der Waals surface area contributed by atoms with E-state index in [4.69, 9.17) is 25.8 Å². The SMILES string of the molecule is CC1(C)C(c2ccccc2)=CC=C[C@@]1(COc1cc(OCc2ccc(F)c(F)c2)c(CNC(CO)(CO)CO)cc1Cl)OCCCN1CCC(O)C1. The lowest BCUT2D eigenvalue weighted by Crippen LogP contribution is -2.54. The molecule has 0 bridgehead atoms. The van der Waals surface area contributed by atoms with Crippen molar-refractivity contribution in [2.45, 2.75) is 57.1 Å². The summed E-state index contributed by atoms with van der Waals surface area (Å²) >= 11 is 6.83. The number of halogens is 3. The molecular formula is C40H49ClF2N2O7. The number of aliphatic hydroxyl groups is 4. The highest BCUT2D eigenvalue weighted by Crippen LogP contribution is 2.49. The largest absolute Gasteiger partial charge is 0.488 e. The van der Waals surface area contributed by atoms with E-state index >= 15 is 0 Å². The smallest absolute Gasteiger partial charge is 0.159 e. The van der Waals surface area contributed by atoms with Crippen molar-refractivity contribution in [3.8, 4) is 11.5 Å². The maximum Gasteiger partial charge on any atom is 0.159 e. The lowest BCUT2D eigenvalue weighted by molar-refractivity contribution is -0.0926. The van der Waals surface area contributed by atoms with Gasteiger partial charge in [0.25, 0.3) is 0 Å². The van der Waals surface area contributed by atoms with Gasteiger partial charge in [-0.15, -0.1) is 0 Å². The molecule has 1 aliphatic carbocycles. The van der Waals surface area contributed by atoms with Gasteiger partial charge in [-0.3, -0.25) is 0 Å². The molecule has 1 heterocycles. The predicted octanol–water partition coefficient (Wildman–Crippen LogP) is 5.27. The van der Waals surface area contributed by atoms with Gasteiger partial charge in [-0.25, -0.2) is 8.78 Å². The molecular weight excluding hydrogens is 694 g/mol. The van der Waals surface area contributed by atoms with Crippen molar-refractivity contribution in [1.82, 2.24) is 10.2 Å². The molecule has 282 valence electrons. The molecule has 12 heteroatoms. The molecule has 5 rings (SSSR count). The molecule has 0 radical (unpaired) electrons. The van der Waals surface area contributed by atoms with Crippen molar-refractivity contribution in [3.63, 3.8) is 0 Å². The highest BCUT2D eigenvalue weighted by atomic mass is 35.5. The number of ether oxygens (including phenoxy) is 3. The first-order valence-corrected chi connectivity index (χ1v) is 17.9. The van der Waals surface area contributed by atoms with E-state index in [1.807, 2.05) is 30.4 Å². The number of allylic oxidation sites excluding steroid dienone is 2. The van der Waals surface area contributed by atoms with Gasteiger partial charge in [-0.1, -0.05) is 74.0 Å². The van der Waals surface area contributed by atoms with Crippen LogP contribution in [0.1, 0.15) is 43.4 Å². The lowest BCUT2D eigenvalue weighted by atomic mass is 9.65. The number of benzene rings is 3.